The van der Waals surface area contributed by atoms with Gasteiger partial charge in [0.05, 0.1) is 11.6 Å². The third-order valence-corrected chi connectivity index (χ3v) is 5.01. The fourth-order valence-corrected chi connectivity index (χ4v) is 3.64. The summed E-state index contributed by atoms with van der Waals surface area (Å²) in [5, 5.41) is 9.80. The zero-order valence-corrected chi connectivity index (χ0v) is 16.9. The van der Waals surface area contributed by atoms with Gasteiger partial charge in [0.15, 0.2) is 5.43 Å². The molecule has 0 saturated carbocycles. The number of ether oxygens (including phenoxy) is 3. The van der Waals surface area contributed by atoms with Crippen molar-refractivity contribution in [2.75, 3.05) is 19.8 Å². The van der Waals surface area contributed by atoms with E-state index < -0.39 is 18.2 Å². The molecule has 30 heavy (non-hydrogen) atoms. The zero-order chi connectivity index (χ0) is 21.5. The van der Waals surface area contributed by atoms with Crippen LogP contribution < -0.4 is 5.43 Å². The van der Waals surface area contributed by atoms with E-state index in [0.717, 1.165) is 0 Å². The molecule has 0 aliphatic carbocycles. The van der Waals surface area contributed by atoms with Crippen LogP contribution in [0.2, 0.25) is 0 Å². The van der Waals surface area contributed by atoms with Crippen LogP contribution in [0.15, 0.2) is 64.2 Å². The molecule has 1 aromatic carbocycles. The largest absolute Gasteiger partial charge is 0.464 e. The van der Waals surface area contributed by atoms with Crippen LogP contribution in [0.3, 0.4) is 0 Å². The van der Waals surface area contributed by atoms with Gasteiger partial charge < -0.3 is 23.7 Å². The molecule has 7 heteroatoms. The third-order valence-electron chi connectivity index (χ3n) is 5.01. The smallest absolute Gasteiger partial charge is 0.373 e. The van der Waals surface area contributed by atoms with Crippen LogP contribution in [0.4, 0.5) is 0 Å². The molecule has 160 valence electrons. The molecule has 1 N–H and O–H groups in total. The molecule has 2 heterocycles. The van der Waals surface area contributed by atoms with E-state index in [-0.39, 0.29) is 30.3 Å². The highest BCUT2D eigenvalue weighted by Gasteiger charge is 2.39. The summed E-state index contributed by atoms with van der Waals surface area (Å²) in [5.74, 6) is -1.48. The number of hydrogen-bond donors (Lipinski definition) is 1. The summed E-state index contributed by atoms with van der Waals surface area (Å²) >= 11 is 0. The first-order valence-electron chi connectivity index (χ1n) is 10.00. The van der Waals surface area contributed by atoms with Gasteiger partial charge in [-0.2, -0.15) is 0 Å². The molecule has 0 saturated heterocycles. The topological polar surface area (TPSA) is 95.2 Å². The Balaban J connectivity index is 2.09. The van der Waals surface area contributed by atoms with Crippen molar-refractivity contribution in [1.82, 2.24) is 0 Å². The van der Waals surface area contributed by atoms with Gasteiger partial charge in [0.2, 0.25) is 12.0 Å². The maximum atomic E-state index is 13.2. The maximum absolute atomic E-state index is 13.2. The standard InChI is InChI=1S/C23H26O7/c1-3-12-28-22(26)20-13-17(15(9-7-11-24)23(30-20)27-4-2)18-14-29-19-10-6-5-8-16(19)21(18)25/h3,5-6,8,10,13-15,17,23-24H,1,4,7,9,11-12H2,2H3/t15-,17+,23-/m0/s1. The second-order valence-electron chi connectivity index (χ2n) is 6.93. The van der Waals surface area contributed by atoms with Gasteiger partial charge in [0.25, 0.3) is 0 Å². The van der Waals surface area contributed by atoms with Crippen molar-refractivity contribution < 1.29 is 28.5 Å². The highest BCUT2D eigenvalue weighted by Crippen LogP contribution is 2.39. The quantitative estimate of drug-likeness (QED) is 0.497. The van der Waals surface area contributed by atoms with E-state index in [4.69, 9.17) is 18.6 Å². The normalized spacial score (nSPS) is 21.0. The molecular weight excluding hydrogens is 388 g/mol. The summed E-state index contributed by atoms with van der Waals surface area (Å²) in [7, 11) is 0. The van der Waals surface area contributed by atoms with E-state index in [1.807, 2.05) is 6.92 Å². The van der Waals surface area contributed by atoms with Crippen molar-refractivity contribution in [2.45, 2.75) is 32.0 Å². The van der Waals surface area contributed by atoms with Gasteiger partial charge in [-0.15, -0.1) is 0 Å². The van der Waals surface area contributed by atoms with E-state index in [2.05, 4.69) is 6.58 Å². The molecule has 1 aromatic heterocycles. The molecule has 0 fully saturated rings. The molecule has 0 bridgehead atoms. The minimum atomic E-state index is -0.770. The van der Waals surface area contributed by atoms with Crippen LogP contribution >= 0.6 is 0 Å². The van der Waals surface area contributed by atoms with Crippen LogP contribution in [-0.4, -0.2) is 37.2 Å². The number of para-hydroxylation sites is 1. The van der Waals surface area contributed by atoms with E-state index in [1.54, 1.807) is 30.3 Å². The highest BCUT2D eigenvalue weighted by atomic mass is 16.7. The van der Waals surface area contributed by atoms with Crippen LogP contribution in [0.5, 0.6) is 0 Å². The summed E-state index contributed by atoms with van der Waals surface area (Å²) in [6.07, 6.45) is 4.73. The van der Waals surface area contributed by atoms with Crippen LogP contribution in [-0.2, 0) is 19.0 Å². The maximum Gasteiger partial charge on any atom is 0.373 e. The van der Waals surface area contributed by atoms with Crippen LogP contribution in [0.1, 0.15) is 31.2 Å². The first kappa shape index (κ1) is 21.8. The molecule has 0 amide bonds. The Labute approximate surface area is 174 Å². The minimum Gasteiger partial charge on any atom is -0.464 e. The number of carbonyl (C=O) groups excluding carboxylic acids is 1. The Kier molecular flexibility index (Phi) is 7.43. The summed E-state index contributed by atoms with van der Waals surface area (Å²) in [4.78, 5) is 25.7. The van der Waals surface area contributed by atoms with Crippen LogP contribution in [0.25, 0.3) is 11.0 Å². The van der Waals surface area contributed by atoms with Crippen molar-refractivity contribution >= 4 is 16.9 Å². The fourth-order valence-electron chi connectivity index (χ4n) is 3.64. The fraction of sp³-hybridized carbons (Fsp3) is 0.391. The number of benzene rings is 1. The molecule has 1 aliphatic heterocycles. The Morgan fingerprint density at radius 2 is 2.13 bits per heavy atom. The Morgan fingerprint density at radius 3 is 2.87 bits per heavy atom. The summed E-state index contributed by atoms with van der Waals surface area (Å²) in [5.41, 5.74) is 0.711. The van der Waals surface area contributed by atoms with Gasteiger partial charge >= 0.3 is 5.97 Å². The van der Waals surface area contributed by atoms with Gasteiger partial charge in [-0.05, 0) is 38.0 Å². The monoisotopic (exact) mass is 414 g/mol. The van der Waals surface area contributed by atoms with E-state index in [0.29, 0.717) is 36.0 Å². The Morgan fingerprint density at radius 1 is 1.33 bits per heavy atom. The number of aliphatic hydroxyl groups excluding tert-OH is 1. The lowest BCUT2D eigenvalue weighted by molar-refractivity contribution is -0.175. The molecule has 2 aromatic rings. The first-order valence-corrected chi connectivity index (χ1v) is 10.00. The number of esters is 1. The average Bonchev–Trinajstić information content (AvgIpc) is 2.77. The number of carbonyl (C=O) groups is 1. The molecule has 1 aliphatic rings. The van der Waals surface area contributed by atoms with Crippen molar-refractivity contribution in [1.29, 1.82) is 0 Å². The van der Waals surface area contributed by atoms with E-state index in [1.165, 1.54) is 12.3 Å². The van der Waals surface area contributed by atoms with Crippen molar-refractivity contribution in [3.05, 3.63) is 70.8 Å². The van der Waals surface area contributed by atoms with Gasteiger partial charge in [-0.1, -0.05) is 24.8 Å². The molecule has 7 nitrogen and oxygen atoms in total. The summed E-state index contributed by atoms with van der Waals surface area (Å²) in [6, 6.07) is 7.00. The SMILES string of the molecule is C=CCOC(=O)C1=C[C@@H](c2coc3ccccc3c2=O)[C@H](CCCO)[C@@H](OCC)O1. The first-order chi connectivity index (χ1) is 14.6. The molecular formula is C23H26O7. The van der Waals surface area contributed by atoms with E-state index >= 15 is 0 Å². The van der Waals surface area contributed by atoms with E-state index in [9.17, 15) is 14.7 Å². The van der Waals surface area contributed by atoms with Crippen molar-refractivity contribution in [3.8, 4) is 0 Å². The number of hydrogen-bond acceptors (Lipinski definition) is 7. The molecule has 0 unspecified atom stereocenters. The Hall–Kier alpha value is -2.90. The minimum absolute atomic E-state index is 0.00760. The molecule has 0 radical (unpaired) electrons. The predicted molar refractivity (Wildman–Crippen MR) is 111 cm³/mol. The number of rotatable bonds is 9. The number of aliphatic hydroxyl groups is 1. The number of allylic oxidation sites excluding steroid dienone is 1. The molecule has 3 atom stereocenters. The lowest BCUT2D eigenvalue weighted by atomic mass is 9.81. The second kappa shape index (κ2) is 10.2. The van der Waals surface area contributed by atoms with Gasteiger partial charge in [-0.25, -0.2) is 4.79 Å². The lowest BCUT2D eigenvalue weighted by Gasteiger charge is -2.36. The predicted octanol–water partition coefficient (Wildman–Crippen LogP) is 3.27. The lowest BCUT2D eigenvalue weighted by Crippen LogP contribution is -2.38. The molecule has 0 spiro atoms. The van der Waals surface area contributed by atoms with Gasteiger partial charge in [0.1, 0.15) is 12.2 Å². The van der Waals surface area contributed by atoms with Gasteiger partial charge in [0, 0.05) is 30.6 Å². The zero-order valence-electron chi connectivity index (χ0n) is 16.9. The average molecular weight is 414 g/mol. The van der Waals surface area contributed by atoms with Crippen molar-refractivity contribution in [2.24, 2.45) is 5.92 Å². The number of fused-ring (bicyclic) bond motifs is 1. The van der Waals surface area contributed by atoms with Gasteiger partial charge in [-0.3, -0.25) is 4.79 Å². The Bertz CT molecular complexity index is 975. The highest BCUT2D eigenvalue weighted by molar-refractivity contribution is 5.86. The second-order valence-corrected chi connectivity index (χ2v) is 6.93. The van der Waals surface area contributed by atoms with Crippen LogP contribution in [0, 0.1) is 5.92 Å². The summed E-state index contributed by atoms with van der Waals surface area (Å²) < 4.78 is 22.3. The molecule has 3 rings (SSSR count). The van der Waals surface area contributed by atoms with Crippen molar-refractivity contribution in [3.63, 3.8) is 0 Å². The summed E-state index contributed by atoms with van der Waals surface area (Å²) in [6.45, 7) is 5.74. The third kappa shape index (κ3) is 4.63.